The van der Waals surface area contributed by atoms with Gasteiger partial charge in [0, 0.05) is 12.1 Å². The van der Waals surface area contributed by atoms with Crippen LogP contribution in [0.5, 0.6) is 0 Å². The number of hydrogen-bond donors (Lipinski definition) is 1. The topological polar surface area (TPSA) is 96.0 Å². The summed E-state index contributed by atoms with van der Waals surface area (Å²) >= 11 is 5.90. The lowest BCUT2D eigenvalue weighted by Gasteiger charge is -2.22. The number of rotatable bonds is 3. The summed E-state index contributed by atoms with van der Waals surface area (Å²) in [5.41, 5.74) is -1.08. The van der Waals surface area contributed by atoms with Gasteiger partial charge in [-0.3, -0.25) is 14.9 Å². The van der Waals surface area contributed by atoms with Gasteiger partial charge in [-0.1, -0.05) is 11.6 Å². The van der Waals surface area contributed by atoms with Crippen molar-refractivity contribution in [3.63, 3.8) is 0 Å². The van der Waals surface area contributed by atoms with Gasteiger partial charge in [0.1, 0.15) is 5.54 Å². The van der Waals surface area contributed by atoms with Crippen molar-refractivity contribution in [3.05, 3.63) is 38.9 Å². The normalized spacial score (nSPS) is 16.4. The summed E-state index contributed by atoms with van der Waals surface area (Å²) in [6.45, 7) is 0. The Labute approximate surface area is 120 Å². The van der Waals surface area contributed by atoms with Gasteiger partial charge < -0.3 is 5.32 Å². The molecule has 0 radical (unpaired) electrons. The Kier molecular flexibility index (Phi) is 3.91. The smallest absolute Gasteiger partial charge is 0.270 e. The maximum atomic E-state index is 12.2. The maximum absolute atomic E-state index is 12.2. The molecular weight excluding hydrogens is 282 g/mol. The van der Waals surface area contributed by atoms with Crippen molar-refractivity contribution in [1.29, 1.82) is 5.26 Å². The van der Waals surface area contributed by atoms with Crippen LogP contribution >= 0.6 is 11.6 Å². The largest absolute Gasteiger partial charge is 0.334 e. The van der Waals surface area contributed by atoms with Crippen molar-refractivity contribution >= 4 is 23.2 Å². The van der Waals surface area contributed by atoms with Crippen LogP contribution in [-0.2, 0) is 0 Å². The van der Waals surface area contributed by atoms with Gasteiger partial charge >= 0.3 is 0 Å². The number of nitro groups is 1. The molecule has 1 aliphatic carbocycles. The second kappa shape index (κ2) is 5.47. The predicted octanol–water partition coefficient (Wildman–Crippen LogP) is 2.81. The van der Waals surface area contributed by atoms with E-state index in [0.717, 1.165) is 18.9 Å². The molecule has 0 unspecified atom stereocenters. The third-order valence-electron chi connectivity index (χ3n) is 3.43. The highest BCUT2D eigenvalue weighted by Gasteiger charge is 2.36. The van der Waals surface area contributed by atoms with Crippen molar-refractivity contribution in [2.24, 2.45) is 0 Å². The van der Waals surface area contributed by atoms with Crippen LogP contribution in [0.25, 0.3) is 0 Å². The lowest BCUT2D eigenvalue weighted by Crippen LogP contribution is -2.45. The number of nitro benzene ring substituents is 1. The first kappa shape index (κ1) is 14.3. The third kappa shape index (κ3) is 2.73. The zero-order valence-electron chi connectivity index (χ0n) is 10.6. The van der Waals surface area contributed by atoms with Gasteiger partial charge in [-0.2, -0.15) is 5.26 Å². The number of nitrogens with one attached hydrogen (secondary N) is 1. The summed E-state index contributed by atoms with van der Waals surface area (Å²) in [5.74, 6) is -0.554. The van der Waals surface area contributed by atoms with Gasteiger partial charge in [0.25, 0.3) is 11.6 Å². The Morgan fingerprint density at radius 3 is 2.65 bits per heavy atom. The fraction of sp³-hybridized carbons (Fsp3) is 0.385. The maximum Gasteiger partial charge on any atom is 0.270 e. The van der Waals surface area contributed by atoms with Crippen LogP contribution in [0.3, 0.4) is 0 Å². The van der Waals surface area contributed by atoms with Crippen LogP contribution in [0.15, 0.2) is 18.2 Å². The standard InChI is InChI=1S/C13H12ClN3O3/c14-11-4-3-9(17(19)20)7-10(11)12(18)16-13(8-15)5-1-2-6-13/h3-4,7H,1-2,5-6H2,(H,16,18). The van der Waals surface area contributed by atoms with E-state index < -0.39 is 16.4 Å². The first-order chi connectivity index (χ1) is 9.47. The molecule has 1 amide bonds. The Bertz CT molecular complexity index is 603. The van der Waals surface area contributed by atoms with Crippen molar-refractivity contribution in [2.45, 2.75) is 31.2 Å². The molecule has 2 rings (SSSR count). The molecule has 104 valence electrons. The SMILES string of the molecule is N#CC1(NC(=O)c2cc([N+](=O)[O-])ccc2Cl)CCCC1. The van der Waals surface area contributed by atoms with E-state index in [1.807, 2.05) is 0 Å². The highest BCUT2D eigenvalue weighted by molar-refractivity contribution is 6.34. The number of halogens is 1. The molecule has 1 fully saturated rings. The number of carbonyl (C=O) groups excluding carboxylic acids is 1. The van der Waals surface area contributed by atoms with Gasteiger partial charge in [-0.15, -0.1) is 0 Å². The van der Waals surface area contributed by atoms with Gasteiger partial charge in [-0.05, 0) is 31.7 Å². The number of benzene rings is 1. The Morgan fingerprint density at radius 2 is 2.10 bits per heavy atom. The van der Waals surface area contributed by atoms with E-state index in [-0.39, 0.29) is 16.3 Å². The van der Waals surface area contributed by atoms with Crippen LogP contribution < -0.4 is 5.32 Å². The molecule has 6 nitrogen and oxygen atoms in total. The molecule has 0 heterocycles. The van der Waals surface area contributed by atoms with E-state index in [4.69, 9.17) is 11.6 Å². The number of nitrogens with zero attached hydrogens (tertiary/aromatic N) is 2. The minimum Gasteiger partial charge on any atom is -0.334 e. The van der Waals surface area contributed by atoms with Gasteiger partial charge in [0.05, 0.1) is 21.6 Å². The first-order valence-corrected chi connectivity index (χ1v) is 6.53. The van der Waals surface area contributed by atoms with Crippen molar-refractivity contribution < 1.29 is 9.72 Å². The summed E-state index contributed by atoms with van der Waals surface area (Å²) in [5, 5.41) is 22.7. The van der Waals surface area contributed by atoms with Crippen molar-refractivity contribution in [1.82, 2.24) is 5.32 Å². The fourth-order valence-corrected chi connectivity index (χ4v) is 2.53. The number of hydrogen-bond acceptors (Lipinski definition) is 4. The Hall–Kier alpha value is -2.13. The molecule has 0 atom stereocenters. The molecule has 0 saturated heterocycles. The van der Waals surface area contributed by atoms with Crippen molar-refractivity contribution in [3.8, 4) is 6.07 Å². The van der Waals surface area contributed by atoms with E-state index in [0.29, 0.717) is 12.8 Å². The molecule has 1 aliphatic rings. The first-order valence-electron chi connectivity index (χ1n) is 6.15. The monoisotopic (exact) mass is 293 g/mol. The predicted molar refractivity (Wildman–Crippen MR) is 72.4 cm³/mol. The minimum absolute atomic E-state index is 0.0161. The van der Waals surface area contributed by atoms with Crippen LogP contribution in [0.1, 0.15) is 36.0 Å². The van der Waals surface area contributed by atoms with E-state index in [1.165, 1.54) is 12.1 Å². The van der Waals surface area contributed by atoms with E-state index in [9.17, 15) is 20.2 Å². The second-order valence-electron chi connectivity index (χ2n) is 4.78. The molecule has 1 N–H and O–H groups in total. The quantitative estimate of drug-likeness (QED) is 0.684. The molecule has 7 heteroatoms. The van der Waals surface area contributed by atoms with Crippen LogP contribution in [-0.4, -0.2) is 16.4 Å². The molecule has 0 spiro atoms. The molecule has 0 bridgehead atoms. The average molecular weight is 294 g/mol. The van der Waals surface area contributed by atoms with Crippen LogP contribution in [0.2, 0.25) is 5.02 Å². The molecule has 1 aromatic rings. The summed E-state index contributed by atoms with van der Waals surface area (Å²) < 4.78 is 0. The summed E-state index contributed by atoms with van der Waals surface area (Å²) in [6.07, 6.45) is 2.91. The van der Waals surface area contributed by atoms with Gasteiger partial charge in [-0.25, -0.2) is 0 Å². The third-order valence-corrected chi connectivity index (χ3v) is 3.76. The van der Waals surface area contributed by atoms with E-state index in [1.54, 1.807) is 0 Å². The number of non-ortho nitro benzene ring substituents is 1. The van der Waals surface area contributed by atoms with Crippen LogP contribution in [0.4, 0.5) is 5.69 Å². The van der Waals surface area contributed by atoms with E-state index >= 15 is 0 Å². The fourth-order valence-electron chi connectivity index (χ4n) is 2.33. The zero-order valence-corrected chi connectivity index (χ0v) is 11.3. The Balaban J connectivity index is 2.27. The number of amides is 1. The van der Waals surface area contributed by atoms with Gasteiger partial charge in [0.2, 0.25) is 0 Å². The summed E-state index contributed by atoms with van der Waals surface area (Å²) in [6, 6.07) is 5.79. The molecule has 0 aromatic heterocycles. The Morgan fingerprint density at radius 1 is 1.45 bits per heavy atom. The number of carbonyl (C=O) groups is 1. The minimum atomic E-state index is -0.884. The average Bonchev–Trinajstić information content (AvgIpc) is 2.88. The molecule has 20 heavy (non-hydrogen) atoms. The lowest BCUT2D eigenvalue weighted by atomic mass is 9.99. The zero-order chi connectivity index (χ0) is 14.8. The summed E-state index contributed by atoms with van der Waals surface area (Å²) in [4.78, 5) is 22.3. The van der Waals surface area contributed by atoms with Gasteiger partial charge in [0.15, 0.2) is 0 Å². The van der Waals surface area contributed by atoms with Crippen molar-refractivity contribution in [2.75, 3.05) is 0 Å². The number of nitriles is 1. The van der Waals surface area contributed by atoms with E-state index in [2.05, 4.69) is 11.4 Å². The van der Waals surface area contributed by atoms with Crippen LogP contribution in [0, 0.1) is 21.4 Å². The lowest BCUT2D eigenvalue weighted by molar-refractivity contribution is -0.384. The highest BCUT2D eigenvalue weighted by Crippen LogP contribution is 2.30. The second-order valence-corrected chi connectivity index (χ2v) is 5.18. The molecule has 0 aliphatic heterocycles. The molecular formula is C13H12ClN3O3. The molecule has 1 saturated carbocycles. The highest BCUT2D eigenvalue weighted by atomic mass is 35.5. The summed E-state index contributed by atoms with van der Waals surface area (Å²) in [7, 11) is 0. The molecule has 1 aromatic carbocycles.